The lowest BCUT2D eigenvalue weighted by Crippen LogP contribution is -2.25. The number of benzene rings is 3. The Bertz CT molecular complexity index is 1010. The van der Waals surface area contributed by atoms with Crippen LogP contribution in [0.5, 0.6) is 11.5 Å². The third-order valence-corrected chi connectivity index (χ3v) is 6.66. The van der Waals surface area contributed by atoms with Crippen molar-refractivity contribution in [1.29, 1.82) is 0 Å². The van der Waals surface area contributed by atoms with Crippen molar-refractivity contribution < 1.29 is 9.47 Å². The molecule has 3 nitrogen and oxygen atoms in total. The van der Waals surface area contributed by atoms with E-state index in [0.717, 1.165) is 35.9 Å². The molecule has 0 saturated heterocycles. The topological polar surface area (TPSA) is 30.5 Å². The molecule has 0 amide bonds. The Balaban J connectivity index is 1.52. The number of fused-ring (bicyclic) bond motifs is 2. The molecule has 0 saturated carbocycles. The van der Waals surface area contributed by atoms with E-state index in [0.29, 0.717) is 0 Å². The van der Waals surface area contributed by atoms with Gasteiger partial charge in [0.1, 0.15) is 0 Å². The number of ether oxygens (including phenoxy) is 2. The summed E-state index contributed by atoms with van der Waals surface area (Å²) in [6.07, 6.45) is 1.83. The highest BCUT2D eigenvalue weighted by atomic mass is 35.5. The van der Waals surface area contributed by atoms with Gasteiger partial charge >= 0.3 is 0 Å². The van der Waals surface area contributed by atoms with Gasteiger partial charge in [0.15, 0.2) is 11.5 Å². The average molecular weight is 426 g/mol. The molecule has 29 heavy (non-hydrogen) atoms. The van der Waals surface area contributed by atoms with E-state index < -0.39 is 0 Å². The Hall–Kier alpha value is -2.14. The SMILES string of the molecule is COc1ccc(CCNC2Cc3cc(Cl)ccc3Sc3ccccc32)cc1OC. The number of hydrogen-bond acceptors (Lipinski definition) is 4. The lowest BCUT2D eigenvalue weighted by atomic mass is 9.98. The van der Waals surface area contributed by atoms with E-state index in [9.17, 15) is 0 Å². The maximum atomic E-state index is 6.27. The standard InChI is InChI=1S/C24H24ClNO2S/c1-27-21-9-7-16(13-22(21)28-2)11-12-26-20-15-17-14-18(25)8-10-23(17)29-24-6-4-3-5-19(20)24/h3-10,13-14,20,26H,11-12,15H2,1-2H3. The molecule has 3 aromatic carbocycles. The number of halogens is 1. The highest BCUT2D eigenvalue weighted by molar-refractivity contribution is 7.99. The van der Waals surface area contributed by atoms with Crippen LogP contribution in [0.1, 0.15) is 22.7 Å². The summed E-state index contributed by atoms with van der Waals surface area (Å²) in [5.74, 6) is 1.53. The van der Waals surface area contributed by atoms with Gasteiger partial charge in [0, 0.05) is 20.9 Å². The first-order valence-corrected chi connectivity index (χ1v) is 10.9. The summed E-state index contributed by atoms with van der Waals surface area (Å²) in [5.41, 5.74) is 3.86. The second-order valence-electron chi connectivity index (χ2n) is 7.04. The van der Waals surface area contributed by atoms with E-state index in [2.05, 4.69) is 47.8 Å². The normalized spacial score (nSPS) is 15.2. The van der Waals surface area contributed by atoms with E-state index in [4.69, 9.17) is 21.1 Å². The minimum Gasteiger partial charge on any atom is -0.493 e. The Morgan fingerprint density at radius 3 is 2.62 bits per heavy atom. The van der Waals surface area contributed by atoms with Crippen molar-refractivity contribution in [2.45, 2.75) is 28.7 Å². The van der Waals surface area contributed by atoms with Crippen LogP contribution in [0.4, 0.5) is 0 Å². The Kier molecular flexibility index (Phi) is 6.34. The van der Waals surface area contributed by atoms with Crippen molar-refractivity contribution >= 4 is 23.4 Å². The summed E-state index contributed by atoms with van der Waals surface area (Å²) >= 11 is 8.10. The first kappa shape index (κ1) is 20.1. The summed E-state index contributed by atoms with van der Waals surface area (Å²) in [7, 11) is 3.33. The maximum absolute atomic E-state index is 6.27. The fourth-order valence-electron chi connectivity index (χ4n) is 3.73. The maximum Gasteiger partial charge on any atom is 0.160 e. The second kappa shape index (κ2) is 9.12. The Labute approximate surface area is 181 Å². The van der Waals surface area contributed by atoms with Crippen molar-refractivity contribution in [2.24, 2.45) is 0 Å². The first-order valence-electron chi connectivity index (χ1n) is 9.67. The van der Waals surface area contributed by atoms with Gasteiger partial charge < -0.3 is 14.8 Å². The number of nitrogens with one attached hydrogen (secondary N) is 1. The van der Waals surface area contributed by atoms with Gasteiger partial charge in [-0.25, -0.2) is 0 Å². The van der Waals surface area contributed by atoms with E-state index in [1.165, 1.54) is 26.5 Å². The van der Waals surface area contributed by atoms with Crippen LogP contribution in [-0.2, 0) is 12.8 Å². The summed E-state index contributed by atoms with van der Waals surface area (Å²) in [4.78, 5) is 2.59. The molecule has 4 rings (SSSR count). The zero-order chi connectivity index (χ0) is 20.2. The van der Waals surface area contributed by atoms with Crippen LogP contribution >= 0.6 is 23.4 Å². The van der Waals surface area contributed by atoms with Gasteiger partial charge in [-0.3, -0.25) is 0 Å². The van der Waals surface area contributed by atoms with E-state index in [-0.39, 0.29) is 6.04 Å². The zero-order valence-corrected chi connectivity index (χ0v) is 18.1. The van der Waals surface area contributed by atoms with Crippen molar-refractivity contribution in [1.82, 2.24) is 5.32 Å². The molecule has 1 N–H and O–H groups in total. The van der Waals surface area contributed by atoms with Crippen molar-refractivity contribution in [2.75, 3.05) is 20.8 Å². The average Bonchev–Trinajstić information content (AvgIpc) is 2.90. The molecule has 1 heterocycles. The Morgan fingerprint density at radius 1 is 0.966 bits per heavy atom. The van der Waals surface area contributed by atoms with Crippen LogP contribution < -0.4 is 14.8 Å². The first-order chi connectivity index (χ1) is 14.2. The smallest absolute Gasteiger partial charge is 0.160 e. The minimum absolute atomic E-state index is 0.249. The van der Waals surface area contributed by atoms with Crippen LogP contribution in [0, 0.1) is 0 Å². The zero-order valence-electron chi connectivity index (χ0n) is 16.6. The predicted octanol–water partition coefficient (Wildman–Crippen LogP) is 5.94. The van der Waals surface area contributed by atoms with Crippen LogP contribution in [-0.4, -0.2) is 20.8 Å². The summed E-state index contributed by atoms with van der Waals surface area (Å²) in [5, 5.41) is 4.56. The third-order valence-electron chi connectivity index (χ3n) is 5.21. The molecule has 0 radical (unpaired) electrons. The largest absolute Gasteiger partial charge is 0.493 e. The highest BCUT2D eigenvalue weighted by Gasteiger charge is 2.22. The van der Waals surface area contributed by atoms with Crippen molar-refractivity contribution in [3.63, 3.8) is 0 Å². The second-order valence-corrected chi connectivity index (χ2v) is 8.56. The van der Waals surface area contributed by atoms with Gasteiger partial charge in [-0.1, -0.05) is 47.6 Å². The van der Waals surface area contributed by atoms with Crippen LogP contribution in [0.15, 0.2) is 70.5 Å². The van der Waals surface area contributed by atoms with Crippen molar-refractivity contribution in [3.8, 4) is 11.5 Å². The molecule has 0 aromatic heterocycles. The quantitative estimate of drug-likeness (QED) is 0.529. The fraction of sp³-hybridized carbons (Fsp3) is 0.250. The van der Waals surface area contributed by atoms with Gasteiger partial charge in [-0.05, 0) is 72.5 Å². The van der Waals surface area contributed by atoms with Crippen LogP contribution in [0.25, 0.3) is 0 Å². The van der Waals surface area contributed by atoms with Gasteiger partial charge in [0.05, 0.1) is 14.2 Å². The third kappa shape index (κ3) is 4.55. The molecule has 1 aliphatic heterocycles. The lowest BCUT2D eigenvalue weighted by Gasteiger charge is -2.20. The van der Waals surface area contributed by atoms with Gasteiger partial charge in [0.2, 0.25) is 0 Å². The predicted molar refractivity (Wildman–Crippen MR) is 120 cm³/mol. The molecule has 1 aliphatic rings. The van der Waals surface area contributed by atoms with E-state index >= 15 is 0 Å². The van der Waals surface area contributed by atoms with Crippen molar-refractivity contribution in [3.05, 3.63) is 82.4 Å². The summed E-state index contributed by atoms with van der Waals surface area (Å²) < 4.78 is 10.8. The molecule has 0 bridgehead atoms. The van der Waals surface area contributed by atoms with Crippen LogP contribution in [0.3, 0.4) is 0 Å². The molecule has 1 atom stereocenters. The number of rotatable bonds is 6. The lowest BCUT2D eigenvalue weighted by molar-refractivity contribution is 0.354. The Morgan fingerprint density at radius 2 is 1.79 bits per heavy atom. The minimum atomic E-state index is 0.249. The summed E-state index contributed by atoms with van der Waals surface area (Å²) in [6, 6.07) is 21.2. The van der Waals surface area contributed by atoms with Gasteiger partial charge in [0.25, 0.3) is 0 Å². The van der Waals surface area contributed by atoms with Gasteiger partial charge in [-0.2, -0.15) is 0 Å². The highest BCUT2D eigenvalue weighted by Crippen LogP contribution is 2.41. The summed E-state index contributed by atoms with van der Waals surface area (Å²) in [6.45, 7) is 0.870. The molecule has 3 aromatic rings. The fourth-order valence-corrected chi connectivity index (χ4v) is 5.04. The molecular formula is C24H24ClNO2S. The van der Waals surface area contributed by atoms with Gasteiger partial charge in [-0.15, -0.1) is 0 Å². The number of methoxy groups -OCH3 is 2. The van der Waals surface area contributed by atoms with Crippen LogP contribution in [0.2, 0.25) is 5.02 Å². The van der Waals surface area contributed by atoms with E-state index in [1.807, 2.05) is 30.0 Å². The molecule has 5 heteroatoms. The molecule has 0 aliphatic carbocycles. The molecule has 150 valence electrons. The number of hydrogen-bond donors (Lipinski definition) is 1. The molecule has 1 unspecified atom stereocenters. The molecule has 0 spiro atoms. The molecule has 0 fully saturated rings. The monoisotopic (exact) mass is 425 g/mol. The van der Waals surface area contributed by atoms with E-state index in [1.54, 1.807) is 14.2 Å². The molecular weight excluding hydrogens is 402 g/mol.